The molecule has 5 rings (SSSR count). The molecule has 4 heterocycles. The Kier molecular flexibility index (Phi) is 5.98. The lowest BCUT2D eigenvalue weighted by atomic mass is 10.0. The number of aromatic amines is 1. The number of hydrogen-bond donors (Lipinski definition) is 2. The van der Waals surface area contributed by atoms with E-state index in [1.165, 1.54) is 11.1 Å². The topological polar surface area (TPSA) is 79.0 Å². The molecule has 0 saturated carbocycles. The number of H-pyrrole nitrogens is 1. The van der Waals surface area contributed by atoms with Crippen molar-refractivity contribution in [2.75, 3.05) is 43.1 Å². The summed E-state index contributed by atoms with van der Waals surface area (Å²) in [5.74, 6) is 1.90. The summed E-state index contributed by atoms with van der Waals surface area (Å²) in [5.41, 5.74) is 5.54. The smallest absolute Gasteiger partial charge is 0.228 e. The van der Waals surface area contributed by atoms with Crippen molar-refractivity contribution >= 4 is 23.4 Å². The number of morpholine rings is 1. The Morgan fingerprint density at radius 2 is 2.12 bits per heavy atom. The van der Waals surface area contributed by atoms with Gasteiger partial charge < -0.3 is 19.9 Å². The normalized spacial score (nSPS) is 18.1. The maximum atomic E-state index is 5.54. The van der Waals surface area contributed by atoms with E-state index in [9.17, 15) is 0 Å². The van der Waals surface area contributed by atoms with Crippen LogP contribution in [0, 0.1) is 5.92 Å². The fourth-order valence-electron chi connectivity index (χ4n) is 4.08. The van der Waals surface area contributed by atoms with E-state index < -0.39 is 0 Å². The highest BCUT2D eigenvalue weighted by molar-refractivity contribution is 5.84. The molecule has 0 bridgehead atoms. The second-order valence-corrected chi connectivity index (χ2v) is 8.18. The van der Waals surface area contributed by atoms with Crippen LogP contribution in [0.25, 0.3) is 11.6 Å². The maximum absolute atomic E-state index is 5.54. The van der Waals surface area contributed by atoms with Crippen LogP contribution in [0.15, 0.2) is 55.0 Å². The van der Waals surface area contributed by atoms with Crippen LogP contribution < -0.4 is 10.2 Å². The van der Waals surface area contributed by atoms with Gasteiger partial charge in [-0.15, -0.1) is 0 Å². The molecule has 0 amide bonds. The third kappa shape index (κ3) is 4.57. The zero-order valence-corrected chi connectivity index (χ0v) is 18.3. The molecule has 7 nitrogen and oxygen atoms in total. The number of aromatic nitrogens is 4. The van der Waals surface area contributed by atoms with Gasteiger partial charge in [-0.25, -0.2) is 4.98 Å². The second-order valence-electron chi connectivity index (χ2n) is 8.18. The Hall–Kier alpha value is -3.45. The lowest BCUT2D eigenvalue weighted by molar-refractivity contribution is 0.122. The van der Waals surface area contributed by atoms with Crippen molar-refractivity contribution in [3.05, 3.63) is 77.5 Å². The van der Waals surface area contributed by atoms with Crippen LogP contribution in [0.3, 0.4) is 0 Å². The number of nitrogens with one attached hydrogen (secondary N) is 2. The van der Waals surface area contributed by atoms with Gasteiger partial charge in [-0.3, -0.25) is 4.98 Å². The molecule has 32 heavy (non-hydrogen) atoms. The summed E-state index contributed by atoms with van der Waals surface area (Å²) in [4.78, 5) is 19.6. The first-order chi connectivity index (χ1) is 15.8. The second kappa shape index (κ2) is 9.36. The summed E-state index contributed by atoms with van der Waals surface area (Å²) in [6.45, 7) is 5.96. The van der Waals surface area contributed by atoms with Crippen LogP contribution in [-0.4, -0.2) is 52.8 Å². The Bertz CT molecular complexity index is 1110. The fraction of sp³-hybridized carbons (Fsp3) is 0.320. The molecule has 0 aromatic carbocycles. The molecule has 164 valence electrons. The molecule has 1 aliphatic carbocycles. The van der Waals surface area contributed by atoms with Crippen molar-refractivity contribution < 1.29 is 4.74 Å². The molecule has 7 heteroatoms. The van der Waals surface area contributed by atoms with Gasteiger partial charge in [-0.2, -0.15) is 4.98 Å². The SMILES string of the molecule is CC1C=Cc2[nH]ccc2C(c2cc(NCCc3cccnc3)nc(N3CCOCC3)n2)=C1. The number of fused-ring (bicyclic) bond motifs is 1. The molecular formula is C25H28N6O. The molecule has 1 aliphatic heterocycles. The van der Waals surface area contributed by atoms with Crippen molar-refractivity contribution in [3.8, 4) is 0 Å². The zero-order chi connectivity index (χ0) is 21.8. The zero-order valence-electron chi connectivity index (χ0n) is 18.3. The minimum atomic E-state index is 0.314. The highest BCUT2D eigenvalue weighted by Gasteiger charge is 2.20. The fourth-order valence-corrected chi connectivity index (χ4v) is 4.08. The molecule has 1 atom stereocenters. The van der Waals surface area contributed by atoms with E-state index in [2.05, 4.69) is 63.5 Å². The van der Waals surface area contributed by atoms with E-state index in [-0.39, 0.29) is 0 Å². The molecule has 3 aromatic rings. The van der Waals surface area contributed by atoms with Crippen LogP contribution in [0.1, 0.15) is 29.4 Å². The van der Waals surface area contributed by atoms with E-state index in [0.717, 1.165) is 54.8 Å². The van der Waals surface area contributed by atoms with E-state index >= 15 is 0 Å². The summed E-state index contributed by atoms with van der Waals surface area (Å²) in [5, 5.41) is 3.51. The summed E-state index contributed by atoms with van der Waals surface area (Å²) in [6.07, 6.45) is 13.2. The minimum absolute atomic E-state index is 0.314. The number of pyridine rings is 1. The van der Waals surface area contributed by atoms with E-state index in [1.807, 2.05) is 18.5 Å². The largest absolute Gasteiger partial charge is 0.378 e. The predicted octanol–water partition coefficient (Wildman–Crippen LogP) is 3.79. The summed E-state index contributed by atoms with van der Waals surface area (Å²) < 4.78 is 5.54. The van der Waals surface area contributed by atoms with Crippen molar-refractivity contribution in [1.82, 2.24) is 19.9 Å². The Balaban J connectivity index is 1.47. The molecule has 0 radical (unpaired) electrons. The van der Waals surface area contributed by atoms with Crippen LogP contribution in [-0.2, 0) is 11.2 Å². The van der Waals surface area contributed by atoms with Crippen molar-refractivity contribution in [2.24, 2.45) is 5.92 Å². The average molecular weight is 429 g/mol. The number of anilines is 2. The van der Waals surface area contributed by atoms with Crippen molar-refractivity contribution in [1.29, 1.82) is 0 Å². The summed E-state index contributed by atoms with van der Waals surface area (Å²) in [7, 11) is 0. The molecule has 1 fully saturated rings. The Morgan fingerprint density at radius 1 is 1.22 bits per heavy atom. The maximum Gasteiger partial charge on any atom is 0.228 e. The lowest BCUT2D eigenvalue weighted by Gasteiger charge is -2.27. The van der Waals surface area contributed by atoms with Gasteiger partial charge in [0.05, 0.1) is 18.9 Å². The monoisotopic (exact) mass is 428 g/mol. The van der Waals surface area contributed by atoms with Gasteiger partial charge in [-0.1, -0.05) is 25.1 Å². The van der Waals surface area contributed by atoms with E-state index in [4.69, 9.17) is 14.7 Å². The number of rotatable bonds is 6. The van der Waals surface area contributed by atoms with E-state index in [0.29, 0.717) is 19.1 Å². The lowest BCUT2D eigenvalue weighted by Crippen LogP contribution is -2.37. The Labute approximate surface area is 188 Å². The van der Waals surface area contributed by atoms with Crippen LogP contribution in [0.5, 0.6) is 0 Å². The Morgan fingerprint density at radius 3 is 2.97 bits per heavy atom. The van der Waals surface area contributed by atoms with Gasteiger partial charge in [0.2, 0.25) is 5.95 Å². The average Bonchev–Trinajstić information content (AvgIpc) is 3.24. The summed E-state index contributed by atoms with van der Waals surface area (Å²) in [6, 6.07) is 8.25. The quantitative estimate of drug-likeness (QED) is 0.622. The van der Waals surface area contributed by atoms with Gasteiger partial charge in [-0.05, 0) is 36.1 Å². The summed E-state index contributed by atoms with van der Waals surface area (Å²) >= 11 is 0. The number of ether oxygens (including phenoxy) is 1. The first-order valence-electron chi connectivity index (χ1n) is 11.2. The van der Waals surface area contributed by atoms with Crippen LogP contribution in [0.4, 0.5) is 11.8 Å². The predicted molar refractivity (Wildman–Crippen MR) is 128 cm³/mol. The molecular weight excluding hydrogens is 400 g/mol. The third-order valence-electron chi connectivity index (χ3n) is 5.79. The standard InChI is InChI=1S/C25H28N6O/c1-18-4-5-22-20(7-10-27-22)21(15-18)23-16-24(28-9-6-19-3-2-8-26-17-19)30-25(29-23)31-11-13-32-14-12-31/h2-5,7-8,10,15-18,27H,6,9,11-14H2,1H3,(H,28,29,30). The first-order valence-corrected chi connectivity index (χ1v) is 11.2. The van der Waals surface area contributed by atoms with Crippen LogP contribution >= 0.6 is 0 Å². The molecule has 3 aromatic heterocycles. The van der Waals surface area contributed by atoms with Gasteiger partial charge in [0.15, 0.2) is 0 Å². The molecule has 2 aliphatic rings. The number of nitrogens with zero attached hydrogens (tertiary/aromatic N) is 4. The number of hydrogen-bond acceptors (Lipinski definition) is 6. The van der Waals surface area contributed by atoms with Gasteiger partial charge >= 0.3 is 0 Å². The molecule has 1 unspecified atom stereocenters. The van der Waals surface area contributed by atoms with Crippen molar-refractivity contribution in [2.45, 2.75) is 13.3 Å². The van der Waals surface area contributed by atoms with Gasteiger partial charge in [0, 0.05) is 61.1 Å². The van der Waals surface area contributed by atoms with Crippen LogP contribution in [0.2, 0.25) is 0 Å². The molecule has 2 N–H and O–H groups in total. The third-order valence-corrected chi connectivity index (χ3v) is 5.79. The molecule has 0 spiro atoms. The van der Waals surface area contributed by atoms with Gasteiger partial charge in [0.25, 0.3) is 0 Å². The first kappa shape index (κ1) is 20.5. The van der Waals surface area contributed by atoms with E-state index in [1.54, 1.807) is 6.20 Å². The van der Waals surface area contributed by atoms with Gasteiger partial charge in [0.1, 0.15) is 5.82 Å². The van der Waals surface area contributed by atoms with Crippen molar-refractivity contribution in [3.63, 3.8) is 0 Å². The number of allylic oxidation sites excluding steroid dienone is 2. The highest BCUT2D eigenvalue weighted by Crippen LogP contribution is 2.32. The molecule has 1 saturated heterocycles. The highest BCUT2D eigenvalue weighted by atomic mass is 16.5. The minimum Gasteiger partial charge on any atom is -0.378 e.